The van der Waals surface area contributed by atoms with Crippen molar-refractivity contribution >= 4 is 0 Å². The molecule has 0 bridgehead atoms. The summed E-state index contributed by atoms with van der Waals surface area (Å²) in [6.07, 6.45) is 0.584. The molecule has 0 saturated carbocycles. The first-order valence-electron chi connectivity index (χ1n) is 3.84. The largest absolute Gasteiger partial charge is 0.390 e. The van der Waals surface area contributed by atoms with Crippen molar-refractivity contribution in [1.29, 1.82) is 0 Å². The summed E-state index contributed by atoms with van der Waals surface area (Å²) >= 11 is 0. The first kappa shape index (κ1) is 8.93. The Labute approximate surface area is 66.3 Å². The molecule has 0 aromatic carbocycles. The van der Waals surface area contributed by atoms with E-state index in [0.29, 0.717) is 13.0 Å². The van der Waals surface area contributed by atoms with Crippen LogP contribution in [0.4, 0.5) is 0 Å². The highest BCUT2D eigenvalue weighted by atomic mass is 16.7. The third kappa shape index (κ3) is 2.13. The van der Waals surface area contributed by atoms with Gasteiger partial charge in [-0.25, -0.2) is 0 Å². The van der Waals surface area contributed by atoms with Gasteiger partial charge in [-0.3, -0.25) is 0 Å². The van der Waals surface area contributed by atoms with Gasteiger partial charge in [0.05, 0.1) is 12.2 Å². The summed E-state index contributed by atoms with van der Waals surface area (Å²) in [5.41, 5.74) is 5.37. The molecule has 3 N–H and O–H groups in total. The molecule has 0 aromatic rings. The maximum absolute atomic E-state index is 9.32. The summed E-state index contributed by atoms with van der Waals surface area (Å²) in [7, 11) is 1.59. The van der Waals surface area contributed by atoms with Crippen molar-refractivity contribution in [2.24, 2.45) is 5.73 Å². The standard InChI is InChI=1S/C7H15NO3/c1-10-7-3-2-5(9)6(4-8)11-7/h5-7,9H,2-4,8H2,1H3. The van der Waals surface area contributed by atoms with Crippen LogP contribution in [-0.4, -0.2) is 37.3 Å². The van der Waals surface area contributed by atoms with Crippen molar-refractivity contribution < 1.29 is 14.6 Å². The zero-order chi connectivity index (χ0) is 8.27. The highest BCUT2D eigenvalue weighted by molar-refractivity contribution is 4.75. The molecule has 1 fully saturated rings. The van der Waals surface area contributed by atoms with Gasteiger partial charge in [0.2, 0.25) is 0 Å². The van der Waals surface area contributed by atoms with Crippen LogP contribution in [0.15, 0.2) is 0 Å². The average Bonchev–Trinajstić information content (AvgIpc) is 2.05. The third-order valence-electron chi connectivity index (χ3n) is 1.95. The molecular weight excluding hydrogens is 146 g/mol. The zero-order valence-electron chi connectivity index (χ0n) is 6.69. The fraction of sp³-hybridized carbons (Fsp3) is 1.00. The maximum atomic E-state index is 9.32. The smallest absolute Gasteiger partial charge is 0.157 e. The number of aliphatic hydroxyl groups is 1. The van der Waals surface area contributed by atoms with Gasteiger partial charge in [0.15, 0.2) is 6.29 Å². The van der Waals surface area contributed by atoms with E-state index in [1.165, 1.54) is 0 Å². The molecule has 1 aliphatic rings. The molecule has 0 aromatic heterocycles. The van der Waals surface area contributed by atoms with E-state index in [1.54, 1.807) is 7.11 Å². The fourth-order valence-electron chi connectivity index (χ4n) is 1.23. The molecule has 0 aliphatic carbocycles. The van der Waals surface area contributed by atoms with Crippen molar-refractivity contribution in [3.8, 4) is 0 Å². The predicted molar refractivity (Wildman–Crippen MR) is 40.0 cm³/mol. The van der Waals surface area contributed by atoms with Crippen LogP contribution in [0.5, 0.6) is 0 Å². The Bertz CT molecular complexity index is 120. The van der Waals surface area contributed by atoms with Gasteiger partial charge in [0, 0.05) is 20.1 Å². The maximum Gasteiger partial charge on any atom is 0.157 e. The Hall–Kier alpha value is -0.160. The van der Waals surface area contributed by atoms with Gasteiger partial charge in [0.25, 0.3) is 0 Å². The molecular formula is C7H15NO3. The fourth-order valence-corrected chi connectivity index (χ4v) is 1.23. The first-order valence-corrected chi connectivity index (χ1v) is 3.84. The van der Waals surface area contributed by atoms with E-state index in [4.69, 9.17) is 15.2 Å². The lowest BCUT2D eigenvalue weighted by atomic mass is 10.1. The number of nitrogens with two attached hydrogens (primary N) is 1. The summed E-state index contributed by atoms with van der Waals surface area (Å²) in [5.74, 6) is 0. The van der Waals surface area contributed by atoms with Crippen molar-refractivity contribution in [2.45, 2.75) is 31.3 Å². The SMILES string of the molecule is COC1CCC(O)C(CN)O1. The number of hydrogen-bond donors (Lipinski definition) is 2. The second-order valence-corrected chi connectivity index (χ2v) is 2.72. The number of methoxy groups -OCH3 is 1. The van der Waals surface area contributed by atoms with Crippen molar-refractivity contribution in [2.75, 3.05) is 13.7 Å². The number of aliphatic hydroxyl groups excluding tert-OH is 1. The highest BCUT2D eigenvalue weighted by Gasteiger charge is 2.28. The number of rotatable bonds is 2. The molecule has 3 unspecified atom stereocenters. The quantitative estimate of drug-likeness (QED) is 0.570. The van der Waals surface area contributed by atoms with Crippen LogP contribution < -0.4 is 5.73 Å². The first-order chi connectivity index (χ1) is 5.27. The molecule has 66 valence electrons. The van der Waals surface area contributed by atoms with Gasteiger partial charge < -0.3 is 20.3 Å². The lowest BCUT2D eigenvalue weighted by molar-refractivity contribution is -0.208. The lowest BCUT2D eigenvalue weighted by Gasteiger charge is -2.32. The van der Waals surface area contributed by atoms with Crippen LogP contribution in [-0.2, 0) is 9.47 Å². The van der Waals surface area contributed by atoms with E-state index in [9.17, 15) is 5.11 Å². The Kier molecular flexibility index (Phi) is 3.26. The zero-order valence-corrected chi connectivity index (χ0v) is 6.69. The van der Waals surface area contributed by atoms with Crippen LogP contribution in [0, 0.1) is 0 Å². The van der Waals surface area contributed by atoms with Crippen LogP contribution >= 0.6 is 0 Å². The third-order valence-corrected chi connectivity index (χ3v) is 1.95. The average molecular weight is 161 g/mol. The minimum atomic E-state index is -0.425. The summed E-state index contributed by atoms with van der Waals surface area (Å²) in [6, 6.07) is 0. The van der Waals surface area contributed by atoms with Gasteiger partial charge >= 0.3 is 0 Å². The molecule has 1 rings (SSSR count). The topological polar surface area (TPSA) is 64.7 Å². The van der Waals surface area contributed by atoms with E-state index >= 15 is 0 Å². The molecule has 1 aliphatic heterocycles. The molecule has 3 atom stereocenters. The van der Waals surface area contributed by atoms with Crippen LogP contribution in [0.1, 0.15) is 12.8 Å². The summed E-state index contributed by atoms with van der Waals surface area (Å²) in [4.78, 5) is 0. The van der Waals surface area contributed by atoms with Crippen LogP contribution in [0.25, 0.3) is 0 Å². The molecule has 0 amide bonds. The second-order valence-electron chi connectivity index (χ2n) is 2.72. The van der Waals surface area contributed by atoms with Gasteiger partial charge in [0.1, 0.15) is 0 Å². The lowest BCUT2D eigenvalue weighted by Crippen LogP contribution is -2.43. The van der Waals surface area contributed by atoms with Crippen LogP contribution in [0.2, 0.25) is 0 Å². The molecule has 11 heavy (non-hydrogen) atoms. The Morgan fingerprint density at radius 3 is 2.91 bits per heavy atom. The molecule has 4 heteroatoms. The van der Waals surface area contributed by atoms with Gasteiger partial charge in [-0.05, 0) is 6.42 Å². The van der Waals surface area contributed by atoms with E-state index in [2.05, 4.69) is 0 Å². The molecule has 0 radical (unpaired) electrons. The Morgan fingerprint density at radius 2 is 2.36 bits per heavy atom. The predicted octanol–water partition coefficient (Wildman–Crippen LogP) is -0.543. The van der Waals surface area contributed by atoms with Crippen molar-refractivity contribution in [1.82, 2.24) is 0 Å². The van der Waals surface area contributed by atoms with E-state index < -0.39 is 6.10 Å². The van der Waals surface area contributed by atoms with E-state index in [1.807, 2.05) is 0 Å². The van der Waals surface area contributed by atoms with Gasteiger partial charge in [-0.1, -0.05) is 0 Å². The summed E-state index contributed by atoms with van der Waals surface area (Å²) in [6.45, 7) is 0.348. The minimum Gasteiger partial charge on any atom is -0.390 e. The Morgan fingerprint density at radius 1 is 1.64 bits per heavy atom. The van der Waals surface area contributed by atoms with Gasteiger partial charge in [-0.15, -0.1) is 0 Å². The molecule has 0 spiro atoms. The second kappa shape index (κ2) is 4.01. The molecule has 4 nitrogen and oxygen atoms in total. The van der Waals surface area contributed by atoms with E-state index in [0.717, 1.165) is 6.42 Å². The Balaban J connectivity index is 2.37. The van der Waals surface area contributed by atoms with E-state index in [-0.39, 0.29) is 12.4 Å². The van der Waals surface area contributed by atoms with Crippen molar-refractivity contribution in [3.05, 3.63) is 0 Å². The molecule has 1 heterocycles. The monoisotopic (exact) mass is 161 g/mol. The molecule has 1 saturated heterocycles. The minimum absolute atomic E-state index is 0.188. The highest BCUT2D eigenvalue weighted by Crippen LogP contribution is 2.18. The summed E-state index contributed by atoms with van der Waals surface area (Å²) < 4.78 is 10.3. The summed E-state index contributed by atoms with van der Waals surface area (Å²) in [5, 5.41) is 9.32. The van der Waals surface area contributed by atoms with Crippen molar-refractivity contribution in [3.63, 3.8) is 0 Å². The normalized spacial score (nSPS) is 39.0. The van der Waals surface area contributed by atoms with Gasteiger partial charge in [-0.2, -0.15) is 0 Å². The number of hydrogen-bond acceptors (Lipinski definition) is 4. The van der Waals surface area contributed by atoms with Crippen LogP contribution in [0.3, 0.4) is 0 Å². The number of ether oxygens (including phenoxy) is 2.